The summed E-state index contributed by atoms with van der Waals surface area (Å²) < 4.78 is 5.34. The van der Waals surface area contributed by atoms with Crippen LogP contribution in [0.25, 0.3) is 0 Å². The molecule has 2 aliphatic rings. The smallest absolute Gasteiger partial charge is 0.302 e. The molecule has 2 nitrogen and oxygen atoms in total. The van der Waals surface area contributed by atoms with Crippen LogP contribution in [0.5, 0.6) is 0 Å². The maximum atomic E-state index is 10.9. The number of rotatable bonds is 1. The van der Waals surface area contributed by atoms with Gasteiger partial charge in [-0.25, -0.2) is 0 Å². The molecule has 0 radical (unpaired) electrons. The third-order valence-electron chi connectivity index (χ3n) is 4.12. The molecule has 3 unspecified atom stereocenters. The average molecular weight is 182 g/mol. The van der Waals surface area contributed by atoms with Gasteiger partial charge in [-0.2, -0.15) is 0 Å². The van der Waals surface area contributed by atoms with E-state index in [9.17, 15) is 4.79 Å². The maximum Gasteiger partial charge on any atom is 0.302 e. The highest BCUT2D eigenvalue weighted by Gasteiger charge is 2.54. The molecule has 74 valence electrons. The van der Waals surface area contributed by atoms with Gasteiger partial charge in [0.05, 0.1) is 0 Å². The summed E-state index contributed by atoms with van der Waals surface area (Å²) in [5.41, 5.74) is 0.403. The Hall–Kier alpha value is -0.530. The molecule has 2 saturated carbocycles. The quantitative estimate of drug-likeness (QED) is 0.582. The number of fused-ring (bicyclic) bond motifs is 2. The molecule has 0 amide bonds. The largest absolute Gasteiger partial charge is 0.462 e. The van der Waals surface area contributed by atoms with Gasteiger partial charge in [0.2, 0.25) is 0 Å². The highest BCUT2D eigenvalue weighted by Crippen LogP contribution is 2.58. The monoisotopic (exact) mass is 182 g/mol. The lowest BCUT2D eigenvalue weighted by Crippen LogP contribution is -2.26. The van der Waals surface area contributed by atoms with Crippen molar-refractivity contribution < 1.29 is 9.53 Å². The molecule has 0 aromatic rings. The minimum absolute atomic E-state index is 0.117. The Morgan fingerprint density at radius 3 is 2.46 bits per heavy atom. The first-order valence-corrected chi connectivity index (χ1v) is 5.19. The zero-order chi connectivity index (χ0) is 9.64. The van der Waals surface area contributed by atoms with E-state index in [0.29, 0.717) is 11.3 Å². The summed E-state index contributed by atoms with van der Waals surface area (Å²) in [7, 11) is 0. The lowest BCUT2D eigenvalue weighted by molar-refractivity contribution is -0.149. The molecule has 0 spiro atoms. The van der Waals surface area contributed by atoms with Crippen molar-refractivity contribution in [3.63, 3.8) is 0 Å². The molecule has 0 aromatic heterocycles. The summed E-state index contributed by atoms with van der Waals surface area (Å²) >= 11 is 0. The van der Waals surface area contributed by atoms with Crippen molar-refractivity contribution in [2.45, 2.75) is 46.1 Å². The van der Waals surface area contributed by atoms with Gasteiger partial charge in [0.1, 0.15) is 6.10 Å². The second-order valence-corrected chi connectivity index (χ2v) is 5.09. The summed E-state index contributed by atoms with van der Waals surface area (Å²) in [6.07, 6.45) is 3.88. The minimum atomic E-state index is -0.117. The van der Waals surface area contributed by atoms with Gasteiger partial charge in [0.15, 0.2) is 0 Å². The molecule has 0 aliphatic heterocycles. The average Bonchev–Trinajstić information content (AvgIpc) is 2.38. The van der Waals surface area contributed by atoms with Gasteiger partial charge in [-0.1, -0.05) is 13.8 Å². The molecule has 2 fully saturated rings. The molecule has 0 saturated heterocycles. The zero-order valence-corrected chi connectivity index (χ0v) is 8.67. The number of ether oxygens (including phenoxy) is 1. The van der Waals surface area contributed by atoms with Gasteiger partial charge in [0, 0.05) is 12.8 Å². The Balaban J connectivity index is 2.09. The molecule has 2 rings (SSSR count). The number of carbonyl (C=O) groups excluding carboxylic acids is 1. The highest BCUT2D eigenvalue weighted by atomic mass is 16.5. The first kappa shape index (κ1) is 9.04. The van der Waals surface area contributed by atoms with E-state index in [1.807, 2.05) is 0 Å². The van der Waals surface area contributed by atoms with Crippen LogP contribution < -0.4 is 0 Å². The van der Waals surface area contributed by atoms with E-state index < -0.39 is 0 Å². The Morgan fingerprint density at radius 1 is 1.38 bits per heavy atom. The van der Waals surface area contributed by atoms with Crippen molar-refractivity contribution in [3.05, 3.63) is 0 Å². The summed E-state index contributed by atoms with van der Waals surface area (Å²) in [6.45, 7) is 6.15. The molecular weight excluding hydrogens is 164 g/mol. The second-order valence-electron chi connectivity index (χ2n) is 5.09. The molecule has 2 heteroatoms. The Bertz CT molecular complexity index is 232. The fourth-order valence-corrected chi connectivity index (χ4v) is 3.30. The molecule has 0 aromatic carbocycles. The van der Waals surface area contributed by atoms with Crippen LogP contribution in [0.1, 0.15) is 40.0 Å². The summed E-state index contributed by atoms with van der Waals surface area (Å²) in [6, 6.07) is 0. The van der Waals surface area contributed by atoms with Gasteiger partial charge < -0.3 is 4.74 Å². The van der Waals surface area contributed by atoms with E-state index in [1.54, 1.807) is 0 Å². The molecule has 13 heavy (non-hydrogen) atoms. The van der Waals surface area contributed by atoms with E-state index in [1.165, 1.54) is 19.8 Å². The van der Waals surface area contributed by atoms with Crippen molar-refractivity contribution in [1.82, 2.24) is 0 Å². The third kappa shape index (κ3) is 1.27. The van der Waals surface area contributed by atoms with Crippen LogP contribution in [0.3, 0.4) is 0 Å². The summed E-state index contributed by atoms with van der Waals surface area (Å²) in [4.78, 5) is 10.9. The van der Waals surface area contributed by atoms with E-state index in [-0.39, 0.29) is 12.1 Å². The molecule has 0 N–H and O–H groups in total. The molecule has 3 atom stereocenters. The predicted molar refractivity (Wildman–Crippen MR) is 50.2 cm³/mol. The molecule has 2 bridgehead atoms. The molecule has 2 aliphatic carbocycles. The first-order valence-electron chi connectivity index (χ1n) is 5.19. The summed E-state index contributed by atoms with van der Waals surface area (Å²) in [5.74, 6) is 1.27. The van der Waals surface area contributed by atoms with Crippen molar-refractivity contribution in [3.8, 4) is 0 Å². The van der Waals surface area contributed by atoms with Crippen LogP contribution >= 0.6 is 0 Å². The van der Waals surface area contributed by atoms with Crippen LogP contribution in [-0.2, 0) is 9.53 Å². The van der Waals surface area contributed by atoms with Gasteiger partial charge >= 0.3 is 5.97 Å². The third-order valence-corrected chi connectivity index (χ3v) is 4.12. The topological polar surface area (TPSA) is 26.3 Å². The van der Waals surface area contributed by atoms with Crippen molar-refractivity contribution in [2.24, 2.45) is 17.3 Å². The van der Waals surface area contributed by atoms with Gasteiger partial charge in [-0.3, -0.25) is 4.79 Å². The minimum Gasteiger partial charge on any atom is -0.462 e. The number of esters is 1. The maximum absolute atomic E-state index is 10.9. The lowest BCUT2D eigenvalue weighted by Gasteiger charge is -2.25. The Kier molecular flexibility index (Phi) is 1.90. The van der Waals surface area contributed by atoms with Crippen LogP contribution in [-0.4, -0.2) is 12.1 Å². The predicted octanol–water partition coefficient (Wildman–Crippen LogP) is 2.37. The number of hydrogen-bond donors (Lipinski definition) is 0. The van der Waals surface area contributed by atoms with E-state index in [0.717, 1.165) is 12.3 Å². The molecular formula is C11H18O2. The lowest BCUT2D eigenvalue weighted by atomic mass is 9.82. The number of carbonyl (C=O) groups is 1. The Labute approximate surface area is 79.7 Å². The van der Waals surface area contributed by atoms with Crippen molar-refractivity contribution in [2.75, 3.05) is 0 Å². The summed E-state index contributed by atoms with van der Waals surface area (Å²) in [5, 5.41) is 0. The normalized spacial score (nSPS) is 40.7. The van der Waals surface area contributed by atoms with Gasteiger partial charge in [-0.15, -0.1) is 0 Å². The SMILES string of the molecule is CC(=O)OC1CC2CCC1C2(C)C. The zero-order valence-electron chi connectivity index (χ0n) is 8.67. The van der Waals surface area contributed by atoms with Gasteiger partial charge in [0.25, 0.3) is 0 Å². The first-order chi connectivity index (χ1) is 6.01. The van der Waals surface area contributed by atoms with E-state index in [2.05, 4.69) is 13.8 Å². The highest BCUT2D eigenvalue weighted by molar-refractivity contribution is 5.66. The van der Waals surface area contributed by atoms with Crippen LogP contribution in [0.2, 0.25) is 0 Å². The van der Waals surface area contributed by atoms with Crippen LogP contribution in [0.4, 0.5) is 0 Å². The van der Waals surface area contributed by atoms with Crippen LogP contribution in [0, 0.1) is 17.3 Å². The number of hydrogen-bond acceptors (Lipinski definition) is 2. The van der Waals surface area contributed by atoms with E-state index in [4.69, 9.17) is 4.74 Å². The fraction of sp³-hybridized carbons (Fsp3) is 0.909. The van der Waals surface area contributed by atoms with Crippen molar-refractivity contribution >= 4 is 5.97 Å². The standard InChI is InChI=1S/C11H18O2/c1-7(12)13-10-6-8-4-5-9(10)11(8,2)3/h8-10H,4-6H2,1-3H3. The van der Waals surface area contributed by atoms with Crippen molar-refractivity contribution in [1.29, 1.82) is 0 Å². The van der Waals surface area contributed by atoms with Gasteiger partial charge in [-0.05, 0) is 30.6 Å². The van der Waals surface area contributed by atoms with Crippen LogP contribution in [0.15, 0.2) is 0 Å². The molecule has 0 heterocycles. The fourth-order valence-electron chi connectivity index (χ4n) is 3.30. The Morgan fingerprint density at radius 2 is 2.08 bits per heavy atom. The van der Waals surface area contributed by atoms with E-state index >= 15 is 0 Å². The second kappa shape index (κ2) is 2.73.